The number of ether oxygens (including phenoxy) is 1. The second-order valence-corrected chi connectivity index (χ2v) is 4.26. The lowest BCUT2D eigenvalue weighted by atomic mass is 10.2. The summed E-state index contributed by atoms with van der Waals surface area (Å²) in [6, 6.07) is 5.43. The molecular formula is C12H14ClN3O2. The first-order chi connectivity index (χ1) is 8.69. The van der Waals surface area contributed by atoms with Crippen molar-refractivity contribution in [3.63, 3.8) is 0 Å². The van der Waals surface area contributed by atoms with Gasteiger partial charge in [-0.15, -0.1) is 10.2 Å². The maximum atomic E-state index is 5.86. The lowest BCUT2D eigenvalue weighted by Gasteiger charge is -2.06. The molecule has 2 rings (SSSR count). The molecule has 0 saturated carbocycles. The zero-order chi connectivity index (χ0) is 13.0. The minimum atomic E-state index is 0.236. The molecule has 0 aliphatic carbocycles. The molecule has 96 valence electrons. The fraction of sp³-hybridized carbons (Fsp3) is 0.333. The minimum absolute atomic E-state index is 0.236. The van der Waals surface area contributed by atoms with E-state index in [4.69, 9.17) is 26.5 Å². The molecule has 1 aromatic heterocycles. The molecule has 0 fully saturated rings. The van der Waals surface area contributed by atoms with Gasteiger partial charge in [0, 0.05) is 18.0 Å². The van der Waals surface area contributed by atoms with Crippen LogP contribution in [-0.2, 0) is 13.0 Å². The summed E-state index contributed by atoms with van der Waals surface area (Å²) in [6.45, 7) is 2.65. The van der Waals surface area contributed by atoms with Crippen molar-refractivity contribution in [1.82, 2.24) is 10.2 Å². The van der Waals surface area contributed by atoms with Gasteiger partial charge in [0.05, 0.1) is 0 Å². The zero-order valence-corrected chi connectivity index (χ0v) is 10.8. The summed E-state index contributed by atoms with van der Waals surface area (Å²) < 4.78 is 10.9. The van der Waals surface area contributed by atoms with Crippen LogP contribution in [0.2, 0.25) is 5.02 Å². The van der Waals surface area contributed by atoms with Gasteiger partial charge >= 0.3 is 0 Å². The van der Waals surface area contributed by atoms with Gasteiger partial charge < -0.3 is 14.9 Å². The zero-order valence-electron chi connectivity index (χ0n) is 10.0. The van der Waals surface area contributed by atoms with E-state index in [-0.39, 0.29) is 6.61 Å². The number of halogens is 1. The number of hydrogen-bond acceptors (Lipinski definition) is 5. The minimum Gasteiger partial charge on any atom is -0.484 e. The lowest BCUT2D eigenvalue weighted by molar-refractivity contribution is 0.257. The number of nitrogens with zero attached hydrogens (tertiary/aromatic N) is 2. The molecule has 1 heterocycles. The third kappa shape index (κ3) is 3.21. The molecular weight excluding hydrogens is 254 g/mol. The Morgan fingerprint density at radius 2 is 2.11 bits per heavy atom. The molecule has 6 heteroatoms. The quantitative estimate of drug-likeness (QED) is 0.898. The third-order valence-electron chi connectivity index (χ3n) is 2.36. The van der Waals surface area contributed by atoms with Gasteiger partial charge in [0.1, 0.15) is 5.75 Å². The molecule has 18 heavy (non-hydrogen) atoms. The summed E-state index contributed by atoms with van der Waals surface area (Å²) in [6.07, 6.45) is 0.576. The number of hydrogen-bond donors (Lipinski definition) is 1. The molecule has 0 aliphatic heterocycles. The molecule has 0 amide bonds. The van der Waals surface area contributed by atoms with Crippen molar-refractivity contribution in [1.29, 1.82) is 0 Å². The van der Waals surface area contributed by atoms with Gasteiger partial charge in [-0.05, 0) is 30.7 Å². The van der Waals surface area contributed by atoms with Crippen molar-refractivity contribution < 1.29 is 9.15 Å². The van der Waals surface area contributed by atoms with Crippen LogP contribution in [0.15, 0.2) is 22.6 Å². The van der Waals surface area contributed by atoms with E-state index in [2.05, 4.69) is 10.2 Å². The third-order valence-corrected chi connectivity index (χ3v) is 2.59. The van der Waals surface area contributed by atoms with Crippen molar-refractivity contribution >= 4 is 11.6 Å². The molecule has 5 nitrogen and oxygen atoms in total. The van der Waals surface area contributed by atoms with E-state index in [0.29, 0.717) is 29.8 Å². The van der Waals surface area contributed by atoms with E-state index in [1.807, 2.05) is 19.1 Å². The van der Waals surface area contributed by atoms with Gasteiger partial charge in [-0.25, -0.2) is 0 Å². The second-order valence-electron chi connectivity index (χ2n) is 3.83. The highest BCUT2D eigenvalue weighted by Crippen LogP contribution is 2.22. The molecule has 0 atom stereocenters. The van der Waals surface area contributed by atoms with Crippen LogP contribution < -0.4 is 10.5 Å². The number of nitrogens with two attached hydrogens (primary N) is 1. The first kappa shape index (κ1) is 12.9. The van der Waals surface area contributed by atoms with Crippen LogP contribution in [0.4, 0.5) is 0 Å². The SMILES string of the molecule is Cc1cc(Cl)ccc1OCc1nnc(CCN)o1. The Morgan fingerprint density at radius 3 is 2.83 bits per heavy atom. The maximum Gasteiger partial charge on any atom is 0.253 e. The highest BCUT2D eigenvalue weighted by Gasteiger charge is 2.07. The molecule has 0 spiro atoms. The van der Waals surface area contributed by atoms with Gasteiger partial charge in [0.2, 0.25) is 5.89 Å². The molecule has 0 bridgehead atoms. The Morgan fingerprint density at radius 1 is 1.33 bits per heavy atom. The van der Waals surface area contributed by atoms with E-state index in [1.54, 1.807) is 6.07 Å². The first-order valence-electron chi connectivity index (χ1n) is 5.59. The lowest BCUT2D eigenvalue weighted by Crippen LogP contribution is -2.02. The molecule has 0 radical (unpaired) electrons. The number of benzene rings is 1. The average Bonchev–Trinajstić information content (AvgIpc) is 2.76. The van der Waals surface area contributed by atoms with Crippen LogP contribution in [-0.4, -0.2) is 16.7 Å². The standard InChI is InChI=1S/C12H14ClN3O2/c1-8-6-9(13)2-3-10(8)17-7-12-16-15-11(18-12)4-5-14/h2-3,6H,4-5,7,14H2,1H3. The van der Waals surface area contributed by atoms with Gasteiger partial charge in [0.25, 0.3) is 5.89 Å². The van der Waals surface area contributed by atoms with Gasteiger partial charge in [0.15, 0.2) is 6.61 Å². The van der Waals surface area contributed by atoms with E-state index in [9.17, 15) is 0 Å². The summed E-state index contributed by atoms with van der Waals surface area (Å²) >= 11 is 5.86. The molecule has 2 N–H and O–H groups in total. The fourth-order valence-electron chi connectivity index (χ4n) is 1.49. The predicted molar refractivity (Wildman–Crippen MR) is 67.6 cm³/mol. The van der Waals surface area contributed by atoms with E-state index >= 15 is 0 Å². The second kappa shape index (κ2) is 5.84. The molecule has 0 aliphatic rings. The molecule has 0 saturated heterocycles. The first-order valence-corrected chi connectivity index (χ1v) is 5.97. The summed E-state index contributed by atoms with van der Waals surface area (Å²) in [4.78, 5) is 0. The van der Waals surface area contributed by atoms with Crippen LogP contribution >= 0.6 is 11.6 Å². The Kier molecular flexibility index (Phi) is 4.17. The smallest absolute Gasteiger partial charge is 0.253 e. The van der Waals surface area contributed by atoms with Crippen LogP contribution in [0.3, 0.4) is 0 Å². The van der Waals surface area contributed by atoms with Crippen LogP contribution in [0.5, 0.6) is 5.75 Å². The van der Waals surface area contributed by atoms with E-state index in [1.165, 1.54) is 0 Å². The topological polar surface area (TPSA) is 74.2 Å². The average molecular weight is 268 g/mol. The van der Waals surface area contributed by atoms with Crippen LogP contribution in [0.25, 0.3) is 0 Å². The van der Waals surface area contributed by atoms with Crippen molar-refractivity contribution in [2.45, 2.75) is 20.0 Å². The highest BCUT2D eigenvalue weighted by molar-refractivity contribution is 6.30. The van der Waals surface area contributed by atoms with Crippen molar-refractivity contribution in [3.05, 3.63) is 40.6 Å². The van der Waals surface area contributed by atoms with E-state index in [0.717, 1.165) is 11.3 Å². The molecule has 1 aromatic carbocycles. The van der Waals surface area contributed by atoms with Crippen LogP contribution in [0, 0.1) is 6.92 Å². The van der Waals surface area contributed by atoms with Crippen molar-refractivity contribution in [3.8, 4) is 5.75 Å². The predicted octanol–water partition coefficient (Wildman–Crippen LogP) is 2.11. The van der Waals surface area contributed by atoms with Gasteiger partial charge in [-0.3, -0.25) is 0 Å². The summed E-state index contributed by atoms with van der Waals surface area (Å²) in [5.74, 6) is 1.72. The normalized spacial score (nSPS) is 10.6. The van der Waals surface area contributed by atoms with Gasteiger partial charge in [-0.1, -0.05) is 11.6 Å². The number of rotatable bonds is 5. The van der Waals surface area contributed by atoms with Crippen molar-refractivity contribution in [2.75, 3.05) is 6.54 Å². The van der Waals surface area contributed by atoms with Gasteiger partial charge in [-0.2, -0.15) is 0 Å². The Bertz CT molecular complexity index is 528. The highest BCUT2D eigenvalue weighted by atomic mass is 35.5. The Labute approximate surface area is 110 Å². The Balaban J connectivity index is 1.97. The van der Waals surface area contributed by atoms with Crippen LogP contribution in [0.1, 0.15) is 17.3 Å². The number of aromatic nitrogens is 2. The Hall–Kier alpha value is -1.59. The molecule has 0 unspecified atom stereocenters. The van der Waals surface area contributed by atoms with E-state index < -0.39 is 0 Å². The summed E-state index contributed by atoms with van der Waals surface area (Å²) in [5, 5.41) is 8.41. The number of aryl methyl sites for hydroxylation is 1. The van der Waals surface area contributed by atoms with Crippen molar-refractivity contribution in [2.24, 2.45) is 5.73 Å². The fourth-order valence-corrected chi connectivity index (χ4v) is 1.71. The largest absolute Gasteiger partial charge is 0.484 e. The maximum absolute atomic E-state index is 5.86. The summed E-state index contributed by atoms with van der Waals surface area (Å²) in [5.41, 5.74) is 6.36. The summed E-state index contributed by atoms with van der Waals surface area (Å²) in [7, 11) is 0. The monoisotopic (exact) mass is 267 g/mol. The molecule has 2 aromatic rings.